The van der Waals surface area contributed by atoms with E-state index < -0.39 is 6.03 Å². The van der Waals surface area contributed by atoms with Gasteiger partial charge in [0.25, 0.3) is 5.56 Å². The van der Waals surface area contributed by atoms with Crippen LogP contribution >= 0.6 is 0 Å². The summed E-state index contributed by atoms with van der Waals surface area (Å²) in [5.41, 5.74) is 5.50. The minimum atomic E-state index is -0.547. The number of aryl methyl sites for hydroxylation is 1. The van der Waals surface area contributed by atoms with Crippen molar-refractivity contribution in [1.82, 2.24) is 14.9 Å². The van der Waals surface area contributed by atoms with E-state index in [1.54, 1.807) is 18.0 Å². The van der Waals surface area contributed by atoms with Crippen molar-refractivity contribution in [2.24, 2.45) is 5.73 Å². The summed E-state index contributed by atoms with van der Waals surface area (Å²) in [5, 5.41) is 0. The molecule has 0 fully saturated rings. The monoisotopic (exact) mass is 221 g/mol. The van der Waals surface area contributed by atoms with Crippen molar-refractivity contribution in [1.29, 1.82) is 0 Å². The highest BCUT2D eigenvalue weighted by Gasteiger charge is 2.18. The number of nitrogens with zero attached hydrogens (tertiary/aromatic N) is 3. The summed E-state index contributed by atoms with van der Waals surface area (Å²) in [6.07, 6.45) is 3.16. The van der Waals surface area contributed by atoms with Gasteiger partial charge in [-0.25, -0.2) is 9.78 Å². The lowest BCUT2D eigenvalue weighted by Gasteiger charge is -2.17. The molecule has 2 heterocycles. The van der Waals surface area contributed by atoms with Crippen LogP contribution in [0, 0.1) is 6.92 Å². The lowest BCUT2D eigenvalue weighted by Crippen LogP contribution is -2.35. The Balaban J connectivity index is 2.25. The third-order valence-corrected chi connectivity index (χ3v) is 2.14. The molecule has 0 spiro atoms. The normalized spacial score (nSPS) is 14.6. The van der Waals surface area contributed by atoms with Gasteiger partial charge in [0.05, 0.1) is 0 Å². The van der Waals surface area contributed by atoms with E-state index in [9.17, 15) is 9.59 Å². The number of hydrogen-bond donors (Lipinski definition) is 2. The molecule has 7 nitrogen and oxygen atoms in total. The first-order valence-electron chi connectivity index (χ1n) is 4.65. The second-order valence-corrected chi connectivity index (χ2v) is 3.43. The highest BCUT2D eigenvalue weighted by atomic mass is 16.2. The quantitative estimate of drug-likeness (QED) is 0.681. The van der Waals surface area contributed by atoms with Crippen molar-refractivity contribution < 1.29 is 4.79 Å². The maximum Gasteiger partial charge on any atom is 0.320 e. The van der Waals surface area contributed by atoms with Gasteiger partial charge in [-0.1, -0.05) is 0 Å². The molecule has 7 heteroatoms. The van der Waals surface area contributed by atoms with Gasteiger partial charge in [-0.2, -0.15) is 0 Å². The van der Waals surface area contributed by atoms with E-state index >= 15 is 0 Å². The van der Waals surface area contributed by atoms with Gasteiger partial charge >= 0.3 is 6.03 Å². The molecular formula is C9H11N5O2. The number of H-pyrrole nitrogens is 1. The number of nitrogens with one attached hydrogen (secondary N) is 1. The molecule has 3 N–H and O–H groups in total. The van der Waals surface area contributed by atoms with Crippen LogP contribution in [-0.4, -0.2) is 27.6 Å². The van der Waals surface area contributed by atoms with Crippen LogP contribution < -0.4 is 16.2 Å². The van der Waals surface area contributed by atoms with Gasteiger partial charge in [-0.05, 0) is 6.92 Å². The fraction of sp³-hybridized carbons (Fsp3) is 0.222. The molecule has 0 unspecified atom stereocenters. The summed E-state index contributed by atoms with van der Waals surface area (Å²) in [6.45, 7) is 1.98. The van der Waals surface area contributed by atoms with Crippen LogP contribution in [0.3, 0.4) is 0 Å². The van der Waals surface area contributed by atoms with E-state index in [0.29, 0.717) is 11.6 Å². The Kier molecular flexibility index (Phi) is 2.35. The maximum atomic E-state index is 11.2. The number of urea groups is 1. The molecule has 0 saturated carbocycles. The van der Waals surface area contributed by atoms with Gasteiger partial charge in [0, 0.05) is 24.2 Å². The van der Waals surface area contributed by atoms with E-state index in [2.05, 4.69) is 9.97 Å². The molecule has 0 aliphatic carbocycles. The fourth-order valence-electron chi connectivity index (χ4n) is 1.40. The van der Waals surface area contributed by atoms with E-state index in [1.165, 1.54) is 17.2 Å². The van der Waals surface area contributed by atoms with Crippen molar-refractivity contribution >= 4 is 12.0 Å². The number of rotatable bonds is 1. The average Bonchev–Trinajstić information content (AvgIpc) is 2.64. The number of carbonyl (C=O) groups is 1. The Labute approximate surface area is 91.2 Å². The highest BCUT2D eigenvalue weighted by Crippen LogP contribution is 2.12. The first-order chi connectivity index (χ1) is 7.56. The Bertz CT molecular complexity index is 507. The molecule has 84 valence electrons. The van der Waals surface area contributed by atoms with Gasteiger partial charge in [-0.3, -0.25) is 19.6 Å². The third kappa shape index (κ3) is 1.88. The molecule has 2 rings (SSSR count). The molecule has 0 aromatic carbocycles. The predicted octanol–water partition coefficient (Wildman–Crippen LogP) is -0.292. The average molecular weight is 221 g/mol. The van der Waals surface area contributed by atoms with Gasteiger partial charge in [0.1, 0.15) is 6.67 Å². The zero-order valence-electron chi connectivity index (χ0n) is 8.67. The van der Waals surface area contributed by atoms with Gasteiger partial charge in [-0.15, -0.1) is 0 Å². The molecule has 0 radical (unpaired) electrons. The largest absolute Gasteiger partial charge is 0.351 e. The fourth-order valence-corrected chi connectivity index (χ4v) is 1.40. The van der Waals surface area contributed by atoms with Crippen LogP contribution in [0.15, 0.2) is 23.3 Å². The number of nitrogens with two attached hydrogens (primary N) is 1. The standard InChI is InChI=1S/C9H11N5O2/c1-6-4-7(15)12-9(11-6)14-3-2-13(5-14)8(10)16/h2-4H,5H2,1H3,(H2,10,16)(H,11,12,15). The molecule has 0 saturated heterocycles. The van der Waals surface area contributed by atoms with Crippen LogP contribution in [0.25, 0.3) is 0 Å². The minimum Gasteiger partial charge on any atom is -0.351 e. The molecule has 0 bridgehead atoms. The van der Waals surface area contributed by atoms with Gasteiger partial charge in [0.15, 0.2) is 0 Å². The number of primary amides is 1. The first-order valence-corrected chi connectivity index (χ1v) is 4.65. The number of aromatic nitrogens is 2. The SMILES string of the molecule is Cc1cc(=O)[nH]c(N2C=CN(C(N)=O)C2)n1. The summed E-state index contributed by atoms with van der Waals surface area (Å²) in [4.78, 5) is 31.8. The summed E-state index contributed by atoms with van der Waals surface area (Å²) < 4.78 is 0. The Hall–Kier alpha value is -2.31. The molecule has 1 aromatic heterocycles. The van der Waals surface area contributed by atoms with E-state index in [1.807, 2.05) is 0 Å². The predicted molar refractivity (Wildman–Crippen MR) is 57.5 cm³/mol. The van der Waals surface area contributed by atoms with E-state index in [0.717, 1.165) is 0 Å². The summed E-state index contributed by atoms with van der Waals surface area (Å²) >= 11 is 0. The minimum absolute atomic E-state index is 0.228. The zero-order chi connectivity index (χ0) is 11.7. The molecule has 1 aliphatic rings. The molecule has 1 aromatic rings. The molecule has 0 atom stereocenters. The molecule has 2 amide bonds. The lowest BCUT2D eigenvalue weighted by atomic mass is 10.4. The Morgan fingerprint density at radius 2 is 2.31 bits per heavy atom. The molecule has 16 heavy (non-hydrogen) atoms. The Morgan fingerprint density at radius 3 is 2.88 bits per heavy atom. The number of hydrogen-bond acceptors (Lipinski definition) is 4. The van der Waals surface area contributed by atoms with Crippen molar-refractivity contribution in [3.63, 3.8) is 0 Å². The first kappa shape index (κ1) is 10.2. The second-order valence-electron chi connectivity index (χ2n) is 3.43. The van der Waals surface area contributed by atoms with Crippen molar-refractivity contribution in [3.8, 4) is 0 Å². The van der Waals surface area contributed by atoms with Crippen LogP contribution in [0.4, 0.5) is 10.7 Å². The van der Waals surface area contributed by atoms with Crippen LogP contribution in [0.2, 0.25) is 0 Å². The van der Waals surface area contributed by atoms with Crippen LogP contribution in [0.1, 0.15) is 5.69 Å². The summed E-state index contributed by atoms with van der Waals surface area (Å²) in [7, 11) is 0. The zero-order valence-corrected chi connectivity index (χ0v) is 8.67. The van der Waals surface area contributed by atoms with E-state index in [-0.39, 0.29) is 12.2 Å². The topological polar surface area (TPSA) is 95.3 Å². The number of carbonyl (C=O) groups excluding carboxylic acids is 1. The van der Waals surface area contributed by atoms with Crippen molar-refractivity contribution in [2.45, 2.75) is 6.92 Å². The van der Waals surface area contributed by atoms with Crippen LogP contribution in [0.5, 0.6) is 0 Å². The number of amides is 2. The van der Waals surface area contributed by atoms with Crippen LogP contribution in [-0.2, 0) is 0 Å². The molecular weight excluding hydrogens is 210 g/mol. The molecule has 1 aliphatic heterocycles. The second kappa shape index (κ2) is 3.69. The van der Waals surface area contributed by atoms with Gasteiger partial charge < -0.3 is 5.73 Å². The summed E-state index contributed by atoms with van der Waals surface area (Å²) in [5.74, 6) is 0.394. The van der Waals surface area contributed by atoms with Gasteiger partial charge in [0.2, 0.25) is 5.95 Å². The maximum absolute atomic E-state index is 11.2. The highest BCUT2D eigenvalue weighted by molar-refractivity contribution is 5.74. The smallest absolute Gasteiger partial charge is 0.320 e. The number of anilines is 1. The lowest BCUT2D eigenvalue weighted by molar-refractivity contribution is 0.227. The summed E-state index contributed by atoms with van der Waals surface area (Å²) in [6, 6.07) is 0.851. The van der Waals surface area contributed by atoms with E-state index in [4.69, 9.17) is 5.73 Å². The third-order valence-electron chi connectivity index (χ3n) is 2.14. The number of aromatic amines is 1. The van der Waals surface area contributed by atoms with Crippen molar-refractivity contribution in [3.05, 3.63) is 34.5 Å². The Morgan fingerprint density at radius 1 is 1.56 bits per heavy atom. The van der Waals surface area contributed by atoms with Crippen molar-refractivity contribution in [2.75, 3.05) is 11.6 Å².